The van der Waals surface area contributed by atoms with Gasteiger partial charge in [-0.2, -0.15) is 0 Å². The van der Waals surface area contributed by atoms with Crippen LogP contribution < -0.4 is 10.2 Å². The van der Waals surface area contributed by atoms with Gasteiger partial charge in [0.25, 0.3) is 11.8 Å². The van der Waals surface area contributed by atoms with E-state index in [9.17, 15) is 9.59 Å². The molecule has 0 radical (unpaired) electrons. The molecule has 33 heavy (non-hydrogen) atoms. The number of anilines is 1. The smallest absolute Gasteiger partial charge is 0.270 e. The summed E-state index contributed by atoms with van der Waals surface area (Å²) in [6.45, 7) is 7.70. The van der Waals surface area contributed by atoms with Gasteiger partial charge in [0.2, 0.25) is 0 Å². The van der Waals surface area contributed by atoms with Crippen LogP contribution in [0.15, 0.2) is 48.0 Å². The fraction of sp³-hybridized carbons (Fsp3) is 0.160. The molecule has 3 aromatic rings. The van der Waals surface area contributed by atoms with Crippen molar-refractivity contribution in [2.24, 2.45) is 0 Å². The molecule has 1 N–H and O–H groups in total. The van der Waals surface area contributed by atoms with Crippen LogP contribution in [0.3, 0.4) is 0 Å². The zero-order valence-electron chi connectivity index (χ0n) is 18.5. The summed E-state index contributed by atoms with van der Waals surface area (Å²) in [7, 11) is 0. The average Bonchev–Trinajstić information content (AvgIpc) is 3.03. The highest BCUT2D eigenvalue weighted by Gasteiger charge is 2.35. The van der Waals surface area contributed by atoms with Crippen LogP contribution in [0, 0.1) is 27.7 Å². The molecule has 0 saturated carbocycles. The van der Waals surface area contributed by atoms with Crippen molar-refractivity contribution in [1.29, 1.82) is 0 Å². The summed E-state index contributed by atoms with van der Waals surface area (Å²) in [5.41, 5.74) is 5.81. The van der Waals surface area contributed by atoms with Gasteiger partial charge in [-0.3, -0.25) is 19.8 Å². The molecule has 1 aliphatic rings. The molecule has 4 rings (SSSR count). The number of nitrogens with one attached hydrogen (secondary N) is 1. The average molecular weight is 498 g/mol. The van der Waals surface area contributed by atoms with E-state index in [0.717, 1.165) is 33.8 Å². The molecular weight excluding hydrogens is 477 g/mol. The molecule has 168 valence electrons. The minimum absolute atomic E-state index is 0.0116. The van der Waals surface area contributed by atoms with Crippen LogP contribution >= 0.6 is 35.4 Å². The molecule has 1 fully saturated rings. The van der Waals surface area contributed by atoms with Crippen LogP contribution in [-0.4, -0.2) is 21.5 Å². The Labute approximate surface area is 207 Å². The number of carbonyl (C=O) groups is 2. The zero-order valence-corrected chi connectivity index (χ0v) is 20.8. The fourth-order valence-corrected chi connectivity index (χ4v) is 4.45. The standard InChI is InChI=1S/C25H21Cl2N3O2S/c1-13-5-7-18(11-21(13)26)29-15(3)9-17(16(29)4)10-20-23(31)28-25(33)30(24(20)32)19-8-6-14(2)22(27)12-19/h5-12H,1-4H3,(H,28,31,33). The van der Waals surface area contributed by atoms with Crippen molar-refractivity contribution >= 4 is 64.1 Å². The van der Waals surface area contributed by atoms with Gasteiger partial charge in [0.15, 0.2) is 5.11 Å². The summed E-state index contributed by atoms with van der Waals surface area (Å²) < 4.78 is 2.03. The summed E-state index contributed by atoms with van der Waals surface area (Å²) in [5.74, 6) is -1.05. The first-order valence-corrected chi connectivity index (χ1v) is 11.4. The van der Waals surface area contributed by atoms with Crippen molar-refractivity contribution in [2.75, 3.05) is 4.90 Å². The van der Waals surface area contributed by atoms with Crippen LogP contribution in [-0.2, 0) is 9.59 Å². The van der Waals surface area contributed by atoms with E-state index in [1.54, 1.807) is 24.3 Å². The second kappa shape index (κ2) is 8.78. The lowest BCUT2D eigenvalue weighted by atomic mass is 10.1. The van der Waals surface area contributed by atoms with E-state index < -0.39 is 11.8 Å². The number of hydrogen-bond acceptors (Lipinski definition) is 3. The molecule has 0 bridgehead atoms. The maximum absolute atomic E-state index is 13.3. The summed E-state index contributed by atoms with van der Waals surface area (Å²) in [5, 5.41) is 3.80. The molecule has 0 unspecified atom stereocenters. The van der Waals surface area contributed by atoms with Gasteiger partial charge in [-0.15, -0.1) is 0 Å². The topological polar surface area (TPSA) is 54.3 Å². The molecular formula is C25H21Cl2N3O2S. The number of benzene rings is 2. The number of amides is 2. The third kappa shape index (κ3) is 4.22. The maximum atomic E-state index is 13.3. The monoisotopic (exact) mass is 497 g/mol. The number of aryl methyl sites for hydroxylation is 3. The Hall–Kier alpha value is -2.93. The number of nitrogens with zero attached hydrogens (tertiary/aromatic N) is 2. The second-order valence-corrected chi connectivity index (χ2v) is 9.19. The van der Waals surface area contributed by atoms with Gasteiger partial charge in [-0.1, -0.05) is 35.3 Å². The molecule has 1 aliphatic heterocycles. The van der Waals surface area contributed by atoms with Crippen LogP contribution in [0.4, 0.5) is 5.69 Å². The lowest BCUT2D eigenvalue weighted by Crippen LogP contribution is -2.54. The number of aromatic nitrogens is 1. The van der Waals surface area contributed by atoms with E-state index in [1.165, 1.54) is 4.90 Å². The fourth-order valence-electron chi connectivity index (χ4n) is 3.82. The lowest BCUT2D eigenvalue weighted by Gasteiger charge is -2.29. The second-order valence-electron chi connectivity index (χ2n) is 7.99. The first-order chi connectivity index (χ1) is 15.6. The van der Waals surface area contributed by atoms with Crippen molar-refractivity contribution in [3.8, 4) is 5.69 Å². The molecule has 2 aromatic carbocycles. The van der Waals surface area contributed by atoms with E-state index >= 15 is 0 Å². The zero-order chi connectivity index (χ0) is 24.0. The predicted molar refractivity (Wildman–Crippen MR) is 137 cm³/mol. The van der Waals surface area contributed by atoms with E-state index in [-0.39, 0.29) is 10.7 Å². The molecule has 0 aliphatic carbocycles. The van der Waals surface area contributed by atoms with Crippen LogP contribution in [0.2, 0.25) is 10.0 Å². The number of carbonyl (C=O) groups excluding carboxylic acids is 2. The van der Waals surface area contributed by atoms with E-state index in [2.05, 4.69) is 5.32 Å². The molecule has 1 aromatic heterocycles. The van der Waals surface area contributed by atoms with Crippen LogP contribution in [0.1, 0.15) is 28.1 Å². The maximum Gasteiger partial charge on any atom is 0.270 e. The van der Waals surface area contributed by atoms with Gasteiger partial charge >= 0.3 is 0 Å². The Kier molecular flexibility index (Phi) is 6.18. The van der Waals surface area contributed by atoms with Gasteiger partial charge in [-0.25, -0.2) is 0 Å². The highest BCUT2D eigenvalue weighted by molar-refractivity contribution is 7.80. The van der Waals surface area contributed by atoms with Crippen molar-refractivity contribution in [3.63, 3.8) is 0 Å². The van der Waals surface area contributed by atoms with E-state index in [4.69, 9.17) is 35.4 Å². The molecule has 1 saturated heterocycles. The molecule has 0 spiro atoms. The Bertz CT molecular complexity index is 1370. The third-order valence-electron chi connectivity index (χ3n) is 5.70. The van der Waals surface area contributed by atoms with Crippen LogP contribution in [0.25, 0.3) is 11.8 Å². The Morgan fingerprint density at radius 3 is 2.06 bits per heavy atom. The van der Waals surface area contributed by atoms with E-state index in [0.29, 0.717) is 15.7 Å². The number of rotatable bonds is 3. The first-order valence-electron chi connectivity index (χ1n) is 10.2. The van der Waals surface area contributed by atoms with Crippen molar-refractivity contribution in [1.82, 2.24) is 9.88 Å². The largest absolute Gasteiger partial charge is 0.318 e. The number of thiocarbonyl (C=S) groups is 1. The minimum atomic E-state index is -0.539. The lowest BCUT2D eigenvalue weighted by molar-refractivity contribution is -0.122. The Balaban J connectivity index is 1.77. The Morgan fingerprint density at radius 1 is 0.879 bits per heavy atom. The SMILES string of the molecule is Cc1ccc(N2C(=O)C(=Cc3cc(C)n(-c4ccc(C)c(Cl)c4)c3C)C(=O)NC2=S)cc1Cl. The normalized spacial score (nSPS) is 15.4. The molecule has 5 nitrogen and oxygen atoms in total. The molecule has 0 atom stereocenters. The van der Waals surface area contributed by atoms with E-state index in [1.807, 2.05) is 56.5 Å². The van der Waals surface area contributed by atoms with Gasteiger partial charge in [-0.05, 0) is 93.0 Å². The Morgan fingerprint density at radius 2 is 1.45 bits per heavy atom. The quantitative estimate of drug-likeness (QED) is 0.280. The first kappa shape index (κ1) is 23.2. The number of hydrogen-bond donors (Lipinski definition) is 1. The van der Waals surface area contributed by atoms with Gasteiger partial charge < -0.3 is 4.57 Å². The van der Waals surface area contributed by atoms with Gasteiger partial charge in [0.05, 0.1) is 5.69 Å². The molecule has 2 amide bonds. The van der Waals surface area contributed by atoms with Crippen molar-refractivity contribution < 1.29 is 9.59 Å². The van der Waals surface area contributed by atoms with Crippen molar-refractivity contribution in [3.05, 3.63) is 86.2 Å². The van der Waals surface area contributed by atoms with Crippen molar-refractivity contribution in [2.45, 2.75) is 27.7 Å². The summed E-state index contributed by atoms with van der Waals surface area (Å²) >= 11 is 17.9. The minimum Gasteiger partial charge on any atom is -0.318 e. The molecule has 8 heteroatoms. The highest BCUT2D eigenvalue weighted by atomic mass is 35.5. The van der Waals surface area contributed by atoms with Gasteiger partial charge in [0, 0.05) is 27.1 Å². The summed E-state index contributed by atoms with van der Waals surface area (Å²) in [6.07, 6.45) is 1.59. The van der Waals surface area contributed by atoms with Gasteiger partial charge in [0.1, 0.15) is 5.57 Å². The van der Waals surface area contributed by atoms with Crippen LogP contribution in [0.5, 0.6) is 0 Å². The summed E-state index contributed by atoms with van der Waals surface area (Å²) in [6, 6.07) is 13.0. The number of halogens is 2. The summed E-state index contributed by atoms with van der Waals surface area (Å²) in [4.78, 5) is 27.3. The molecule has 2 heterocycles. The highest BCUT2D eigenvalue weighted by Crippen LogP contribution is 2.29. The third-order valence-corrected chi connectivity index (χ3v) is 6.80. The predicted octanol–water partition coefficient (Wildman–Crippen LogP) is 5.85.